The summed E-state index contributed by atoms with van der Waals surface area (Å²) in [6.45, 7) is 11.9. The fourth-order valence-electron chi connectivity index (χ4n) is 12.8. The Labute approximate surface area is 545 Å². The lowest BCUT2D eigenvalue weighted by molar-refractivity contribution is -0.133. The predicted molar refractivity (Wildman–Crippen MR) is 352 cm³/mol. The Morgan fingerprint density at radius 2 is 1.40 bits per heavy atom. The van der Waals surface area contributed by atoms with E-state index < -0.39 is 36.2 Å². The van der Waals surface area contributed by atoms with Gasteiger partial charge in [-0.25, -0.2) is 9.69 Å². The number of amides is 5. The van der Waals surface area contributed by atoms with Crippen LogP contribution in [0.3, 0.4) is 0 Å². The summed E-state index contributed by atoms with van der Waals surface area (Å²) < 4.78 is 24.7. The molecule has 5 aliphatic heterocycles. The average Bonchev–Trinajstić information content (AvgIpc) is 1.65. The minimum atomic E-state index is -1.60. The van der Waals surface area contributed by atoms with E-state index in [0.29, 0.717) is 77.3 Å². The van der Waals surface area contributed by atoms with E-state index in [-0.39, 0.29) is 115 Å². The van der Waals surface area contributed by atoms with Crippen LogP contribution < -0.4 is 24.4 Å². The molecule has 5 atom stereocenters. The molecule has 6 aromatic carbocycles. The lowest BCUT2D eigenvalue weighted by atomic mass is 9.88. The number of benzene rings is 6. The number of hydrogen-bond donors (Lipinski definition) is 2. The first-order chi connectivity index (χ1) is 45.3. The summed E-state index contributed by atoms with van der Waals surface area (Å²) in [5.41, 5.74) is 18.7. The number of ether oxygens (including phenoxy) is 4. The molecule has 11 rings (SSSR count). The largest absolute Gasteiger partial charge is 0.493 e. The topological polar surface area (TPSA) is 263 Å². The first kappa shape index (κ1) is 65.1. The number of unbranched alkanes of at least 4 members (excludes halogenated alkanes) is 2. The van der Waals surface area contributed by atoms with Gasteiger partial charge >= 0.3 is 6.09 Å². The molecule has 484 valence electrons. The highest BCUT2D eigenvalue weighted by molar-refractivity contribution is 6.06. The number of aryl methyl sites for hydroxylation is 1. The van der Waals surface area contributed by atoms with Crippen LogP contribution in [0.15, 0.2) is 150 Å². The maximum Gasteiger partial charge on any atom is 0.416 e. The van der Waals surface area contributed by atoms with Crippen molar-refractivity contribution in [3.8, 4) is 17.2 Å². The zero-order chi connectivity index (χ0) is 66.3. The second kappa shape index (κ2) is 28.6. The Bertz CT molecular complexity index is 4080. The van der Waals surface area contributed by atoms with Crippen LogP contribution >= 0.6 is 0 Å². The highest BCUT2D eigenvalue weighted by Crippen LogP contribution is 2.43. The minimum absolute atomic E-state index is 0.00278. The zero-order valence-corrected chi connectivity index (χ0v) is 53.3. The standard InChI is InChI=1S/C73H75N9O12/c1-43(2)58(33-57(83)18-8-7-13-25-79-45(4)19-24-68(79)85)69(86)76-46(5)64(84)30-47-20-22-48(23-21-47)40-94-73(90)82-62-36-67(66(91-6)34-60(62)71(88)81-39-54-17-12-10-15-52(54)32-63(81)72(82)89)93-42-50-27-49(28-55(29-50)77-78-74)41-92-65-35-61-59(26-44(65)3)70(87)80-38-53-16-11-9-14-51(53)31-56(80)37-75-61/h9-12,14-17,19-24,26-29,34-37,43,46,56,58,63,72,89H,4,7-8,13,18,25,30-33,38-42H2,1-3,5-6H3,(H,76,86)/t46-,56-,58-,63-,72?/m0/s1. The Balaban J connectivity index is 0.751. The van der Waals surface area contributed by atoms with Gasteiger partial charge in [0.1, 0.15) is 31.4 Å². The molecule has 0 aliphatic carbocycles. The highest BCUT2D eigenvalue weighted by atomic mass is 16.6. The lowest BCUT2D eigenvalue weighted by Crippen LogP contribution is -2.55. The number of rotatable bonds is 24. The molecule has 21 nitrogen and oxygen atoms in total. The number of nitrogens with one attached hydrogen (secondary N) is 1. The van der Waals surface area contributed by atoms with Crippen LogP contribution in [-0.2, 0) is 76.1 Å². The molecule has 0 spiro atoms. The number of carbonyl (C=O) groups is 7. The Morgan fingerprint density at radius 1 is 0.745 bits per heavy atom. The molecule has 0 fully saturated rings. The Kier molecular flexibility index (Phi) is 19.9. The van der Waals surface area contributed by atoms with Crippen LogP contribution in [0.1, 0.15) is 124 Å². The van der Waals surface area contributed by atoms with E-state index in [1.807, 2.05) is 80.4 Å². The minimum Gasteiger partial charge on any atom is -0.493 e. The molecule has 94 heavy (non-hydrogen) atoms. The molecule has 0 aromatic heterocycles. The van der Waals surface area contributed by atoms with Crippen LogP contribution in [-0.4, -0.2) is 105 Å². The van der Waals surface area contributed by atoms with Crippen molar-refractivity contribution < 1.29 is 57.6 Å². The van der Waals surface area contributed by atoms with Gasteiger partial charge in [0.05, 0.1) is 47.7 Å². The Hall–Kier alpha value is -10.4. The predicted octanol–water partition coefficient (Wildman–Crippen LogP) is 11.7. The van der Waals surface area contributed by atoms with Gasteiger partial charge in [-0.2, -0.15) is 0 Å². The summed E-state index contributed by atoms with van der Waals surface area (Å²) in [6.07, 6.45) is 5.77. The maximum atomic E-state index is 14.8. The van der Waals surface area contributed by atoms with Crippen molar-refractivity contribution in [3.63, 3.8) is 0 Å². The van der Waals surface area contributed by atoms with E-state index in [0.717, 1.165) is 40.0 Å². The van der Waals surface area contributed by atoms with Gasteiger partial charge in [0.25, 0.3) is 17.7 Å². The monoisotopic (exact) mass is 1270 g/mol. The number of nitrogens with zero attached hydrogens (tertiary/aromatic N) is 8. The van der Waals surface area contributed by atoms with Crippen molar-refractivity contribution >= 4 is 64.6 Å². The van der Waals surface area contributed by atoms with Gasteiger partial charge in [-0.05, 0) is 137 Å². The molecule has 0 radical (unpaired) electrons. The van der Waals surface area contributed by atoms with Gasteiger partial charge < -0.3 is 44.1 Å². The number of Topliss-reactive ketones (excluding diaryl/α,β-unsaturated/α-hetero) is 2. The van der Waals surface area contributed by atoms with Gasteiger partial charge in [0.15, 0.2) is 23.5 Å². The first-order valence-corrected chi connectivity index (χ1v) is 31.7. The summed E-state index contributed by atoms with van der Waals surface area (Å²) >= 11 is 0. The number of azide groups is 1. The molecular formula is C73H75N9O12. The Morgan fingerprint density at radius 3 is 2.07 bits per heavy atom. The van der Waals surface area contributed by atoms with Crippen LogP contribution in [0.4, 0.5) is 21.9 Å². The summed E-state index contributed by atoms with van der Waals surface area (Å²) in [4.78, 5) is 110. The normalized spacial score (nSPS) is 17.5. The molecule has 6 aromatic rings. The number of hydrogen-bond acceptors (Lipinski definition) is 14. The van der Waals surface area contributed by atoms with E-state index in [9.17, 15) is 44.2 Å². The van der Waals surface area contributed by atoms with Gasteiger partial charge in [-0.15, -0.1) is 0 Å². The van der Waals surface area contributed by atoms with E-state index in [1.54, 1.807) is 71.3 Å². The smallest absolute Gasteiger partial charge is 0.416 e. The summed E-state index contributed by atoms with van der Waals surface area (Å²) in [7, 11) is 1.42. The summed E-state index contributed by atoms with van der Waals surface area (Å²) in [5.74, 6) is -1.33. The van der Waals surface area contributed by atoms with E-state index in [1.165, 1.54) is 30.9 Å². The molecule has 5 heterocycles. The fraction of sp³-hybridized carbons (Fsp3) is 0.342. The molecular weight excluding hydrogens is 1190 g/mol. The number of aliphatic imine (C=N–C) groups is 1. The van der Waals surface area contributed by atoms with Gasteiger partial charge in [0, 0.05) is 85.5 Å². The average molecular weight is 1270 g/mol. The van der Waals surface area contributed by atoms with Crippen molar-refractivity contribution in [2.75, 3.05) is 18.6 Å². The molecule has 0 saturated heterocycles. The number of methoxy groups -OCH3 is 1. The number of aliphatic hydroxyl groups is 1. The van der Waals surface area contributed by atoms with E-state index in [4.69, 9.17) is 23.9 Å². The highest BCUT2D eigenvalue weighted by Gasteiger charge is 2.46. The molecule has 5 aliphatic rings. The third-order valence-corrected chi connectivity index (χ3v) is 18.1. The quantitative estimate of drug-likeness (QED) is 0.0248. The van der Waals surface area contributed by atoms with Gasteiger partial charge in [-0.1, -0.05) is 105 Å². The van der Waals surface area contributed by atoms with Crippen molar-refractivity contribution in [3.05, 3.63) is 211 Å². The van der Waals surface area contributed by atoms with E-state index in [2.05, 4.69) is 28.0 Å². The van der Waals surface area contributed by atoms with Crippen molar-refractivity contribution in [1.82, 2.24) is 20.0 Å². The number of allylic oxidation sites excluding steroid dienone is 1. The molecule has 1 unspecified atom stereocenters. The second-order valence-corrected chi connectivity index (χ2v) is 24.9. The zero-order valence-electron chi connectivity index (χ0n) is 53.3. The lowest BCUT2D eigenvalue weighted by Gasteiger charge is -2.39. The maximum absolute atomic E-state index is 14.8. The third-order valence-electron chi connectivity index (χ3n) is 18.1. The number of fused-ring (bicyclic) bond motifs is 6. The third kappa shape index (κ3) is 14.5. The van der Waals surface area contributed by atoms with Crippen molar-refractivity contribution in [2.45, 2.75) is 136 Å². The molecule has 0 saturated carbocycles. The van der Waals surface area contributed by atoms with E-state index >= 15 is 0 Å². The van der Waals surface area contributed by atoms with Crippen LogP contribution in [0, 0.1) is 18.8 Å². The molecule has 5 amide bonds. The number of aliphatic hydroxyl groups excluding tert-OH is 1. The molecule has 2 N–H and O–H groups in total. The van der Waals surface area contributed by atoms with Crippen LogP contribution in [0.5, 0.6) is 17.2 Å². The fourth-order valence-corrected chi connectivity index (χ4v) is 12.8. The number of anilines is 1. The first-order valence-electron chi connectivity index (χ1n) is 31.7. The van der Waals surface area contributed by atoms with Crippen LogP contribution in [0.2, 0.25) is 0 Å². The van der Waals surface area contributed by atoms with Crippen LogP contribution in [0.25, 0.3) is 10.4 Å². The molecule has 0 bridgehead atoms. The number of carbonyl (C=O) groups excluding carboxylic acids is 7. The van der Waals surface area contributed by atoms with Crippen molar-refractivity contribution in [2.24, 2.45) is 21.9 Å². The van der Waals surface area contributed by atoms with Gasteiger partial charge in [-0.3, -0.25) is 33.8 Å². The SMILES string of the molecule is C=C1C=CC(=O)N1CCCCCC(=O)C[C@H](C(=O)N[C@@H](C)C(=O)Cc1ccc(COC(=O)N2c3cc(OCc4cc(COc5cc6c(cc5C)C(=O)N5Cc7ccccc7C[C@H]5C=N6)cc(N=[N+]=[N-])c4)c(OC)cc3C(=O)N3Cc4ccccc4C[C@H]3C2O)cc1)C(C)C. The second-order valence-electron chi connectivity index (χ2n) is 24.9. The van der Waals surface area contributed by atoms with Crippen molar-refractivity contribution in [1.29, 1.82) is 0 Å². The summed E-state index contributed by atoms with van der Waals surface area (Å²) in [6, 6.07) is 32.3. The summed E-state index contributed by atoms with van der Waals surface area (Å²) in [5, 5.41) is 19.2. The number of ketones is 2. The van der Waals surface area contributed by atoms with Gasteiger partial charge in [0.2, 0.25) is 5.91 Å². The molecule has 21 heteroatoms.